The molecule has 0 fully saturated rings. The van der Waals surface area contributed by atoms with Crippen LogP contribution >= 0.6 is 12.4 Å². The molecule has 0 spiro atoms. The summed E-state index contributed by atoms with van der Waals surface area (Å²) >= 11 is 0. The summed E-state index contributed by atoms with van der Waals surface area (Å²) in [7, 11) is -3.70. The van der Waals surface area contributed by atoms with E-state index in [1.165, 1.54) is 0 Å². The SMILES string of the molecule is Cl.N=C(N)c1ccc(Cc2ccc(OS(=O)(=O)Cc3ccccc3)cc2)cc1. The van der Waals surface area contributed by atoms with Crippen LogP contribution in [0.5, 0.6) is 5.75 Å². The number of benzene rings is 3. The van der Waals surface area contributed by atoms with E-state index >= 15 is 0 Å². The van der Waals surface area contributed by atoms with Crippen LogP contribution in [-0.2, 0) is 22.3 Å². The van der Waals surface area contributed by atoms with Gasteiger partial charge in [0.15, 0.2) is 0 Å². The molecule has 5 nitrogen and oxygen atoms in total. The van der Waals surface area contributed by atoms with Gasteiger partial charge in [0.1, 0.15) is 17.3 Å². The molecule has 0 saturated carbocycles. The molecule has 0 atom stereocenters. The van der Waals surface area contributed by atoms with Crippen LogP contribution in [0.2, 0.25) is 0 Å². The van der Waals surface area contributed by atoms with Gasteiger partial charge in [-0.1, -0.05) is 66.7 Å². The molecule has 3 rings (SSSR count). The summed E-state index contributed by atoms with van der Waals surface area (Å²) in [4.78, 5) is 0. The molecule has 0 radical (unpaired) electrons. The Morgan fingerprint density at radius 2 is 1.36 bits per heavy atom. The molecule has 0 aliphatic rings. The van der Waals surface area contributed by atoms with Crippen LogP contribution in [0.1, 0.15) is 22.3 Å². The quantitative estimate of drug-likeness (QED) is 0.347. The Morgan fingerprint density at radius 3 is 1.89 bits per heavy atom. The first kappa shape index (κ1) is 21.5. The average molecular weight is 417 g/mol. The summed E-state index contributed by atoms with van der Waals surface area (Å²) in [6.07, 6.45) is 0.690. The molecule has 0 aromatic heterocycles. The second-order valence-corrected chi connectivity index (χ2v) is 7.77. The molecule has 3 N–H and O–H groups in total. The van der Waals surface area contributed by atoms with Crippen molar-refractivity contribution in [1.82, 2.24) is 0 Å². The van der Waals surface area contributed by atoms with Crippen molar-refractivity contribution in [3.63, 3.8) is 0 Å². The lowest BCUT2D eigenvalue weighted by Crippen LogP contribution is -2.12. The van der Waals surface area contributed by atoms with Gasteiger partial charge in [0.2, 0.25) is 0 Å². The number of rotatable bonds is 7. The van der Waals surface area contributed by atoms with Crippen LogP contribution in [0.4, 0.5) is 0 Å². The van der Waals surface area contributed by atoms with Gasteiger partial charge in [-0.15, -0.1) is 12.4 Å². The number of amidine groups is 1. The number of hydrogen-bond donors (Lipinski definition) is 2. The highest BCUT2D eigenvalue weighted by Gasteiger charge is 2.14. The molecule has 0 heterocycles. The molecule has 28 heavy (non-hydrogen) atoms. The van der Waals surface area contributed by atoms with E-state index in [9.17, 15) is 8.42 Å². The van der Waals surface area contributed by atoms with Gasteiger partial charge in [-0.05, 0) is 35.2 Å². The first-order valence-electron chi connectivity index (χ1n) is 8.40. The first-order valence-corrected chi connectivity index (χ1v) is 9.97. The molecule has 3 aromatic carbocycles. The molecular weight excluding hydrogens is 396 g/mol. The van der Waals surface area contributed by atoms with E-state index in [-0.39, 0.29) is 24.0 Å². The summed E-state index contributed by atoms with van der Waals surface area (Å²) in [5, 5.41) is 7.41. The molecule has 146 valence electrons. The van der Waals surface area contributed by atoms with Crippen LogP contribution in [0.15, 0.2) is 78.9 Å². The van der Waals surface area contributed by atoms with Crippen LogP contribution in [0, 0.1) is 5.41 Å². The zero-order chi connectivity index (χ0) is 19.3. The maximum atomic E-state index is 12.2. The third-order valence-electron chi connectivity index (χ3n) is 4.01. The van der Waals surface area contributed by atoms with E-state index < -0.39 is 10.1 Å². The minimum absolute atomic E-state index is 0. The largest absolute Gasteiger partial charge is 0.384 e. The Labute approximate surface area is 171 Å². The second kappa shape index (κ2) is 9.39. The van der Waals surface area contributed by atoms with Crippen LogP contribution in [0.25, 0.3) is 0 Å². The van der Waals surface area contributed by atoms with Crippen LogP contribution < -0.4 is 9.92 Å². The highest BCUT2D eigenvalue weighted by molar-refractivity contribution is 7.86. The standard InChI is InChI=1S/C21H20N2O3S.ClH/c22-21(23)19-10-6-16(7-11-19)14-17-8-12-20(13-9-17)26-27(24,25)15-18-4-2-1-3-5-18;/h1-13H,14-15H2,(H3,22,23);1H. The summed E-state index contributed by atoms with van der Waals surface area (Å²) in [6.45, 7) is 0. The maximum Gasteiger partial charge on any atom is 0.313 e. The monoisotopic (exact) mass is 416 g/mol. The van der Waals surface area contributed by atoms with E-state index in [0.717, 1.165) is 11.1 Å². The minimum Gasteiger partial charge on any atom is -0.384 e. The Balaban J connectivity index is 0.00000280. The second-order valence-electron chi connectivity index (χ2n) is 6.20. The van der Waals surface area contributed by atoms with Gasteiger partial charge in [-0.2, -0.15) is 8.42 Å². The fourth-order valence-corrected chi connectivity index (χ4v) is 3.72. The van der Waals surface area contributed by atoms with Gasteiger partial charge in [0, 0.05) is 5.56 Å². The smallest absolute Gasteiger partial charge is 0.313 e. The van der Waals surface area contributed by atoms with E-state index in [2.05, 4.69) is 0 Å². The Bertz CT molecular complexity index is 1020. The molecule has 0 aliphatic heterocycles. The molecule has 3 aromatic rings. The van der Waals surface area contributed by atoms with Gasteiger partial charge < -0.3 is 9.92 Å². The van der Waals surface area contributed by atoms with Crippen molar-refractivity contribution in [3.05, 3.63) is 101 Å². The molecule has 0 bridgehead atoms. The summed E-state index contributed by atoms with van der Waals surface area (Å²) < 4.78 is 29.6. The molecule has 0 saturated heterocycles. The number of hydrogen-bond acceptors (Lipinski definition) is 4. The lowest BCUT2D eigenvalue weighted by molar-refractivity contribution is 0.485. The van der Waals surface area contributed by atoms with Gasteiger partial charge in [0.25, 0.3) is 0 Å². The number of halogens is 1. The van der Waals surface area contributed by atoms with E-state index in [4.69, 9.17) is 15.3 Å². The van der Waals surface area contributed by atoms with Crippen molar-refractivity contribution in [2.45, 2.75) is 12.2 Å². The van der Waals surface area contributed by atoms with Crippen LogP contribution in [-0.4, -0.2) is 14.3 Å². The first-order chi connectivity index (χ1) is 12.9. The number of nitrogen functional groups attached to an aromatic ring is 1. The van der Waals surface area contributed by atoms with Gasteiger partial charge in [0.05, 0.1) is 0 Å². The van der Waals surface area contributed by atoms with E-state index in [0.29, 0.717) is 23.3 Å². The van der Waals surface area contributed by atoms with Crippen molar-refractivity contribution < 1.29 is 12.6 Å². The van der Waals surface area contributed by atoms with E-state index in [1.54, 1.807) is 36.4 Å². The van der Waals surface area contributed by atoms with Gasteiger partial charge in [-0.3, -0.25) is 5.41 Å². The molecule has 0 amide bonds. The summed E-state index contributed by atoms with van der Waals surface area (Å²) in [6, 6.07) is 23.4. The minimum atomic E-state index is -3.70. The van der Waals surface area contributed by atoms with Gasteiger partial charge >= 0.3 is 10.1 Å². The van der Waals surface area contributed by atoms with Gasteiger partial charge in [-0.25, -0.2) is 0 Å². The van der Waals surface area contributed by atoms with Crippen molar-refractivity contribution in [2.75, 3.05) is 0 Å². The number of nitrogens with one attached hydrogen (secondary N) is 1. The van der Waals surface area contributed by atoms with Crippen molar-refractivity contribution >= 4 is 28.4 Å². The normalized spacial score (nSPS) is 10.7. The highest BCUT2D eigenvalue weighted by Crippen LogP contribution is 2.19. The van der Waals surface area contributed by atoms with E-state index in [1.807, 2.05) is 42.5 Å². The Hall–Kier alpha value is -2.83. The van der Waals surface area contributed by atoms with Crippen molar-refractivity contribution in [1.29, 1.82) is 5.41 Å². The topological polar surface area (TPSA) is 93.2 Å². The third kappa shape index (κ3) is 6.11. The summed E-state index contributed by atoms with van der Waals surface area (Å²) in [5.41, 5.74) is 8.92. The fraction of sp³-hybridized carbons (Fsp3) is 0.0952. The number of nitrogens with two attached hydrogens (primary N) is 1. The average Bonchev–Trinajstić information content (AvgIpc) is 2.64. The zero-order valence-corrected chi connectivity index (χ0v) is 16.7. The van der Waals surface area contributed by atoms with Crippen LogP contribution in [0.3, 0.4) is 0 Å². The molecular formula is C21H21ClN2O3S. The maximum absolute atomic E-state index is 12.2. The lowest BCUT2D eigenvalue weighted by atomic mass is 10.0. The summed E-state index contributed by atoms with van der Waals surface area (Å²) in [5.74, 6) is 0.166. The molecule has 0 unspecified atom stereocenters. The van der Waals surface area contributed by atoms with Crippen molar-refractivity contribution in [2.24, 2.45) is 5.73 Å². The third-order valence-corrected chi connectivity index (χ3v) is 5.14. The fourth-order valence-electron chi connectivity index (χ4n) is 2.66. The predicted molar refractivity (Wildman–Crippen MR) is 114 cm³/mol. The highest BCUT2D eigenvalue weighted by atomic mass is 35.5. The Kier molecular flexibility index (Phi) is 7.20. The molecule has 7 heteroatoms. The Morgan fingerprint density at radius 1 is 0.821 bits per heavy atom. The van der Waals surface area contributed by atoms with Crippen molar-refractivity contribution in [3.8, 4) is 5.75 Å². The molecule has 0 aliphatic carbocycles. The predicted octanol–water partition coefficient (Wildman–Crippen LogP) is 3.89. The zero-order valence-electron chi connectivity index (χ0n) is 15.0. The lowest BCUT2D eigenvalue weighted by Gasteiger charge is -2.08.